The van der Waals surface area contributed by atoms with Crippen LogP contribution in [-0.2, 0) is 0 Å². The molecule has 1 aliphatic heterocycles. The van der Waals surface area contributed by atoms with Crippen molar-refractivity contribution >= 4 is 42.1 Å². The second-order valence-corrected chi connectivity index (χ2v) is 5.86. The van der Waals surface area contributed by atoms with Crippen molar-refractivity contribution < 1.29 is 14.3 Å². The molecule has 0 unspecified atom stereocenters. The van der Waals surface area contributed by atoms with Gasteiger partial charge in [-0.2, -0.15) is 0 Å². The van der Waals surface area contributed by atoms with E-state index in [-0.39, 0.29) is 36.8 Å². The highest BCUT2D eigenvalue weighted by molar-refractivity contribution is 7.13. The molecule has 24 heavy (non-hydrogen) atoms. The molecule has 0 spiro atoms. The van der Waals surface area contributed by atoms with E-state index < -0.39 is 0 Å². The summed E-state index contributed by atoms with van der Waals surface area (Å²) in [6, 6.07) is 5.59. The number of fused-ring (bicyclic) bond motifs is 1. The summed E-state index contributed by atoms with van der Waals surface area (Å²) in [5.74, 6) is 1.24. The number of hydrogen-bond donors (Lipinski definition) is 2. The average Bonchev–Trinajstić information content (AvgIpc) is 3.04. The number of nitrogens with zero attached hydrogens (tertiary/aromatic N) is 1. The number of carbonyl (C=O) groups is 1. The van der Waals surface area contributed by atoms with Crippen molar-refractivity contribution in [1.29, 1.82) is 0 Å². The van der Waals surface area contributed by atoms with E-state index in [4.69, 9.17) is 15.2 Å². The number of benzene rings is 1. The largest absolute Gasteiger partial charge is 0.486 e. The fourth-order valence-electron chi connectivity index (χ4n) is 2.04. The molecule has 3 N–H and O–H groups in total. The van der Waals surface area contributed by atoms with Crippen LogP contribution < -0.4 is 20.5 Å². The molecule has 1 aliphatic rings. The maximum absolute atomic E-state index is 12.0. The van der Waals surface area contributed by atoms with Gasteiger partial charge in [-0.05, 0) is 25.1 Å². The third-order valence-electron chi connectivity index (χ3n) is 3.26. The molecule has 0 radical (unpaired) electrons. The van der Waals surface area contributed by atoms with E-state index in [0.717, 1.165) is 16.3 Å². The number of amides is 1. The van der Waals surface area contributed by atoms with Crippen molar-refractivity contribution in [2.75, 3.05) is 19.8 Å². The number of carbonyl (C=O) groups excluding carboxylic acids is 1. The molecule has 0 aliphatic carbocycles. The van der Waals surface area contributed by atoms with E-state index in [0.29, 0.717) is 31.2 Å². The first-order valence-corrected chi connectivity index (χ1v) is 7.92. The molecule has 0 bridgehead atoms. The molecular formula is C15H19Cl2N3O3S. The fraction of sp³-hybridized carbons (Fsp3) is 0.333. The molecule has 3 rings (SSSR count). The normalized spacial score (nSPS) is 13.2. The van der Waals surface area contributed by atoms with Crippen molar-refractivity contribution in [3.05, 3.63) is 29.3 Å². The first-order chi connectivity index (χ1) is 10.7. The zero-order valence-corrected chi connectivity index (χ0v) is 15.4. The van der Waals surface area contributed by atoms with E-state index in [1.807, 2.05) is 25.1 Å². The molecule has 0 saturated heterocycles. The summed E-state index contributed by atoms with van der Waals surface area (Å²) in [4.78, 5) is 16.4. The van der Waals surface area contributed by atoms with E-state index in [1.165, 1.54) is 11.3 Å². The molecule has 132 valence electrons. The Morgan fingerprint density at radius 2 is 2.04 bits per heavy atom. The summed E-state index contributed by atoms with van der Waals surface area (Å²) in [5, 5.41) is 5.30. The van der Waals surface area contributed by atoms with Gasteiger partial charge >= 0.3 is 0 Å². The molecule has 0 saturated carbocycles. The lowest BCUT2D eigenvalue weighted by molar-refractivity contribution is 0.0937. The van der Waals surface area contributed by atoms with Crippen LogP contribution in [0, 0.1) is 0 Å². The number of hydrogen-bond acceptors (Lipinski definition) is 6. The van der Waals surface area contributed by atoms with Gasteiger partial charge in [0.15, 0.2) is 11.5 Å². The van der Waals surface area contributed by atoms with E-state index >= 15 is 0 Å². The molecular weight excluding hydrogens is 373 g/mol. The number of ether oxygens (including phenoxy) is 2. The van der Waals surface area contributed by atoms with E-state index in [2.05, 4.69) is 10.3 Å². The Bertz CT molecular complexity index is 696. The number of thiazole rings is 1. The average molecular weight is 392 g/mol. The number of nitrogens with one attached hydrogen (secondary N) is 1. The quantitative estimate of drug-likeness (QED) is 0.835. The number of aromatic nitrogens is 1. The van der Waals surface area contributed by atoms with Crippen molar-refractivity contribution in [3.8, 4) is 22.1 Å². The Morgan fingerprint density at radius 1 is 1.33 bits per heavy atom. The van der Waals surface area contributed by atoms with Gasteiger partial charge in [0.25, 0.3) is 5.91 Å². The highest BCUT2D eigenvalue weighted by Crippen LogP contribution is 2.35. The molecule has 9 heteroatoms. The van der Waals surface area contributed by atoms with Crippen LogP contribution in [0.3, 0.4) is 0 Å². The minimum absolute atomic E-state index is 0. The van der Waals surface area contributed by atoms with Crippen LogP contribution in [0.1, 0.15) is 17.4 Å². The predicted octanol–water partition coefficient (Wildman–Crippen LogP) is 2.50. The number of nitrogens with two attached hydrogens (primary N) is 1. The van der Waals surface area contributed by atoms with Crippen LogP contribution in [0.4, 0.5) is 0 Å². The SMILES string of the molecule is C[C@@H](CN)NC(=O)c1csc(-c2ccc3c(c2)OCCO3)n1.Cl.Cl. The van der Waals surface area contributed by atoms with Gasteiger partial charge in [-0.25, -0.2) is 4.98 Å². The molecule has 2 heterocycles. The number of rotatable bonds is 4. The van der Waals surface area contributed by atoms with Crippen molar-refractivity contribution in [2.24, 2.45) is 5.73 Å². The molecule has 1 amide bonds. The van der Waals surface area contributed by atoms with Crippen molar-refractivity contribution in [3.63, 3.8) is 0 Å². The Kier molecular flexibility index (Phi) is 7.75. The molecule has 1 aromatic heterocycles. The Hall–Kier alpha value is -1.54. The topological polar surface area (TPSA) is 86.5 Å². The number of halogens is 2. The summed E-state index contributed by atoms with van der Waals surface area (Å²) in [6.45, 7) is 3.35. The Morgan fingerprint density at radius 3 is 2.75 bits per heavy atom. The third kappa shape index (κ3) is 4.51. The first kappa shape index (κ1) is 20.5. The van der Waals surface area contributed by atoms with Gasteiger partial charge in [-0.1, -0.05) is 0 Å². The highest BCUT2D eigenvalue weighted by atomic mass is 35.5. The van der Waals surface area contributed by atoms with Gasteiger partial charge in [0.1, 0.15) is 23.9 Å². The Labute approximate surface area is 156 Å². The maximum atomic E-state index is 12.0. The second kappa shape index (κ2) is 9.08. The molecule has 0 fully saturated rings. The lowest BCUT2D eigenvalue weighted by atomic mass is 10.2. The van der Waals surface area contributed by atoms with Gasteiger partial charge in [0.05, 0.1) is 0 Å². The summed E-state index contributed by atoms with van der Waals surface area (Å²) >= 11 is 1.42. The lowest BCUT2D eigenvalue weighted by Crippen LogP contribution is -2.37. The predicted molar refractivity (Wildman–Crippen MR) is 99.0 cm³/mol. The van der Waals surface area contributed by atoms with Crippen LogP contribution in [0.5, 0.6) is 11.5 Å². The Balaban J connectivity index is 0.00000144. The minimum atomic E-state index is -0.210. The molecule has 1 atom stereocenters. The van der Waals surface area contributed by atoms with E-state index in [1.54, 1.807) is 5.38 Å². The zero-order chi connectivity index (χ0) is 15.5. The third-order valence-corrected chi connectivity index (χ3v) is 4.15. The summed E-state index contributed by atoms with van der Waals surface area (Å²) < 4.78 is 11.1. The summed E-state index contributed by atoms with van der Waals surface area (Å²) in [6.07, 6.45) is 0. The zero-order valence-electron chi connectivity index (χ0n) is 13.0. The van der Waals surface area contributed by atoms with Crippen LogP contribution >= 0.6 is 36.2 Å². The van der Waals surface area contributed by atoms with Crippen LogP contribution in [0.2, 0.25) is 0 Å². The second-order valence-electron chi connectivity index (χ2n) is 5.01. The van der Waals surface area contributed by atoms with E-state index in [9.17, 15) is 4.79 Å². The lowest BCUT2D eigenvalue weighted by Gasteiger charge is -2.18. The molecule has 1 aromatic carbocycles. The van der Waals surface area contributed by atoms with Gasteiger partial charge < -0.3 is 20.5 Å². The molecule has 2 aromatic rings. The van der Waals surface area contributed by atoms with Gasteiger partial charge in [-0.3, -0.25) is 4.79 Å². The van der Waals surface area contributed by atoms with Crippen LogP contribution in [0.25, 0.3) is 10.6 Å². The summed E-state index contributed by atoms with van der Waals surface area (Å²) in [7, 11) is 0. The van der Waals surface area contributed by atoms with Gasteiger partial charge in [0, 0.05) is 23.5 Å². The summed E-state index contributed by atoms with van der Waals surface area (Å²) in [5.41, 5.74) is 6.80. The van der Waals surface area contributed by atoms with Crippen molar-refractivity contribution in [1.82, 2.24) is 10.3 Å². The maximum Gasteiger partial charge on any atom is 0.271 e. The fourth-order valence-corrected chi connectivity index (χ4v) is 2.84. The van der Waals surface area contributed by atoms with Crippen LogP contribution in [0.15, 0.2) is 23.6 Å². The monoisotopic (exact) mass is 391 g/mol. The van der Waals surface area contributed by atoms with Gasteiger partial charge in [0.2, 0.25) is 0 Å². The minimum Gasteiger partial charge on any atom is -0.486 e. The smallest absolute Gasteiger partial charge is 0.271 e. The standard InChI is InChI=1S/C15H17N3O3S.2ClH/c1-9(7-16)17-14(19)11-8-22-15(18-11)10-2-3-12-13(6-10)21-5-4-20-12;;/h2-3,6,8-9H,4-5,7,16H2,1H3,(H,17,19);2*1H/t9-;;/m0../s1. The first-order valence-electron chi connectivity index (χ1n) is 7.04. The molecule has 6 nitrogen and oxygen atoms in total. The van der Waals surface area contributed by atoms with Gasteiger partial charge in [-0.15, -0.1) is 36.2 Å². The van der Waals surface area contributed by atoms with Crippen molar-refractivity contribution in [2.45, 2.75) is 13.0 Å². The highest BCUT2D eigenvalue weighted by Gasteiger charge is 2.16. The van der Waals surface area contributed by atoms with Crippen LogP contribution in [-0.4, -0.2) is 36.7 Å².